The van der Waals surface area contributed by atoms with Crippen LogP contribution in [-0.2, 0) is 56.9 Å². The number of carbonyl (C=O) groups is 1. The Morgan fingerprint density at radius 3 is 2.29 bits per heavy atom. The van der Waals surface area contributed by atoms with Gasteiger partial charge in [-0.3, -0.25) is 4.79 Å². The highest BCUT2D eigenvalue weighted by Crippen LogP contribution is 2.54. The largest absolute Gasteiger partial charge is 0.459 e. The zero-order valence-electron chi connectivity index (χ0n) is 32.1. The van der Waals surface area contributed by atoms with E-state index >= 15 is 0 Å². The summed E-state index contributed by atoms with van der Waals surface area (Å²) in [6.07, 6.45) is 3.68. The van der Waals surface area contributed by atoms with Gasteiger partial charge in [-0.15, -0.1) is 0 Å². The first-order valence-electron chi connectivity index (χ1n) is 21.4. The fourth-order valence-electron chi connectivity index (χ4n) is 12.3. The predicted molar refractivity (Wildman–Crippen MR) is 191 cm³/mol. The van der Waals surface area contributed by atoms with Crippen LogP contribution >= 0.6 is 0 Å². The second-order valence-corrected chi connectivity index (χ2v) is 18.8. The molecule has 13 heteroatoms. The maximum absolute atomic E-state index is 14.1. The molecule has 12 heterocycles. The minimum absolute atomic E-state index is 0.0175. The summed E-state index contributed by atoms with van der Waals surface area (Å²) in [7, 11) is 0. The lowest BCUT2D eigenvalue weighted by molar-refractivity contribution is -0.341. The average molecular weight is 771 g/mol. The van der Waals surface area contributed by atoms with Crippen LogP contribution in [-0.4, -0.2) is 133 Å². The number of hydrogen-bond acceptors (Lipinski definition) is 13. The first kappa shape index (κ1) is 36.6. The minimum Gasteiger partial charge on any atom is -0.459 e. The van der Waals surface area contributed by atoms with Gasteiger partial charge >= 0.3 is 5.97 Å². The van der Waals surface area contributed by atoms with E-state index in [1.54, 1.807) is 0 Å². The Kier molecular flexibility index (Phi) is 8.99. The Morgan fingerprint density at radius 2 is 1.40 bits per heavy atom. The zero-order valence-corrected chi connectivity index (χ0v) is 32.1. The van der Waals surface area contributed by atoms with Gasteiger partial charge in [0, 0.05) is 38.0 Å². The summed E-state index contributed by atoms with van der Waals surface area (Å²) in [5.74, 6) is -2.54. The van der Waals surface area contributed by atoms with E-state index in [1.165, 1.54) is 0 Å². The fourth-order valence-corrected chi connectivity index (χ4v) is 12.3. The van der Waals surface area contributed by atoms with Gasteiger partial charge in [0.2, 0.25) is 0 Å². The highest BCUT2D eigenvalue weighted by atomic mass is 16.8. The van der Waals surface area contributed by atoms with Crippen LogP contribution in [0.2, 0.25) is 0 Å². The molecular formula is C42H58O13. The van der Waals surface area contributed by atoms with Gasteiger partial charge in [-0.25, -0.2) is 0 Å². The third-order valence-electron chi connectivity index (χ3n) is 15.2. The highest BCUT2D eigenvalue weighted by Gasteiger charge is 2.69. The van der Waals surface area contributed by atoms with E-state index in [9.17, 15) is 9.90 Å². The van der Waals surface area contributed by atoms with E-state index in [0.717, 1.165) is 49.7 Å². The minimum atomic E-state index is -1.38. The zero-order chi connectivity index (χ0) is 37.4. The van der Waals surface area contributed by atoms with Crippen LogP contribution in [0.15, 0.2) is 24.3 Å². The molecule has 12 bridgehead atoms. The Hall–Kier alpha value is -1.49. The van der Waals surface area contributed by atoms with Gasteiger partial charge in [0.25, 0.3) is 0 Å². The van der Waals surface area contributed by atoms with Crippen molar-refractivity contribution in [2.24, 2.45) is 11.8 Å². The van der Waals surface area contributed by atoms with Crippen molar-refractivity contribution >= 4 is 5.97 Å². The number of esters is 1. The van der Waals surface area contributed by atoms with Gasteiger partial charge in [-0.2, -0.15) is 0 Å². The summed E-state index contributed by atoms with van der Waals surface area (Å²) in [6, 6.07) is 0. The number of fused-ring (bicyclic) bond motifs is 8. The summed E-state index contributed by atoms with van der Waals surface area (Å²) < 4.78 is 73.0. The Morgan fingerprint density at radius 1 is 0.636 bits per heavy atom. The van der Waals surface area contributed by atoms with E-state index in [2.05, 4.69) is 20.1 Å². The van der Waals surface area contributed by atoms with Crippen molar-refractivity contribution in [1.82, 2.24) is 0 Å². The maximum atomic E-state index is 14.1. The van der Waals surface area contributed by atoms with Crippen LogP contribution in [0.4, 0.5) is 0 Å². The summed E-state index contributed by atoms with van der Waals surface area (Å²) >= 11 is 0. The third kappa shape index (κ3) is 6.16. The molecule has 1 spiro atoms. The number of carbonyl (C=O) groups excluding carboxylic acids is 1. The second-order valence-electron chi connectivity index (χ2n) is 18.8. The van der Waals surface area contributed by atoms with Crippen molar-refractivity contribution in [3.8, 4) is 0 Å². The SMILES string of the molecule is C=C1C[C@@H]2CC[C@@]34C[C@@H]5O[C@@H]6[C@@H](O[C@H]7CC[C@H](CC(=O)O[C@@H]8[C@@H](C)[C@@H]9OC%10(O)CCO[C@@H]%10C[C@@H]9O[C@H]8C[C@H]8O[C@@H](CC[C@@H]1O2)C[C@@H](C)C8=C)O[C@@H]7[C@@H]6O3)[C@H]5O4. The molecule has 12 saturated heterocycles. The fraction of sp³-hybridized carbons (Fsp3) is 0.881. The van der Waals surface area contributed by atoms with Crippen LogP contribution in [0.25, 0.3) is 0 Å². The van der Waals surface area contributed by atoms with Gasteiger partial charge in [-0.05, 0) is 62.0 Å². The standard InChI is InChI=1S/C42H58O13/c1-19-13-23-5-7-26-20(2)14-25(46-26)9-10-41-18-31-37(53-41)38-39(51-31)40(54-41)36-27(50-38)8-6-24(48-36)15-33(43)52-34-22(4)35-30(17-32-42(44,55-35)11-12-45-32)49-29(34)16-28(47-23)21(19)3/h19,22-32,34-40,44H,2-3,5-18H2,1,4H3/t19-,22-,23+,24-,25+,26+,27+,28-,29+,30+,31+,32-,34-,35+,36+,37+,38+,39-,40+,41+,42?/m1/s1. The van der Waals surface area contributed by atoms with Crippen LogP contribution < -0.4 is 0 Å². The van der Waals surface area contributed by atoms with Gasteiger partial charge in [-0.1, -0.05) is 27.0 Å². The van der Waals surface area contributed by atoms with Gasteiger partial charge in [0.05, 0.1) is 74.1 Å². The van der Waals surface area contributed by atoms with Crippen molar-refractivity contribution < 1.29 is 62.0 Å². The monoisotopic (exact) mass is 770 g/mol. The molecule has 0 aliphatic carbocycles. The summed E-state index contributed by atoms with van der Waals surface area (Å²) in [4.78, 5) is 14.1. The lowest BCUT2D eigenvalue weighted by Gasteiger charge is -2.52. The average Bonchev–Trinajstić information content (AvgIpc) is 3.85. The predicted octanol–water partition coefficient (Wildman–Crippen LogP) is 3.95. The summed E-state index contributed by atoms with van der Waals surface area (Å²) in [5.41, 5.74) is 2.17. The van der Waals surface area contributed by atoms with E-state index in [-0.39, 0.29) is 97.5 Å². The maximum Gasteiger partial charge on any atom is 0.308 e. The molecule has 0 aromatic rings. The molecule has 12 aliphatic heterocycles. The molecule has 0 saturated carbocycles. The van der Waals surface area contributed by atoms with Gasteiger partial charge in [0.15, 0.2) is 11.6 Å². The number of aliphatic hydroxyl groups is 1. The normalized spacial score (nSPS) is 57.3. The van der Waals surface area contributed by atoms with Crippen molar-refractivity contribution in [1.29, 1.82) is 0 Å². The number of hydrogen-bond donors (Lipinski definition) is 1. The molecule has 12 rings (SSSR count). The van der Waals surface area contributed by atoms with Crippen molar-refractivity contribution in [3.05, 3.63) is 24.3 Å². The summed E-state index contributed by atoms with van der Waals surface area (Å²) in [6.45, 7) is 13.6. The molecule has 0 amide bonds. The number of ether oxygens (including phenoxy) is 11. The number of rotatable bonds is 0. The van der Waals surface area contributed by atoms with E-state index in [4.69, 9.17) is 52.1 Å². The molecule has 12 aliphatic rings. The van der Waals surface area contributed by atoms with E-state index in [1.807, 2.05) is 6.92 Å². The van der Waals surface area contributed by atoms with Crippen LogP contribution in [0.5, 0.6) is 0 Å². The lowest BCUT2D eigenvalue weighted by Crippen LogP contribution is -2.64. The quantitative estimate of drug-likeness (QED) is 0.281. The van der Waals surface area contributed by atoms with Crippen molar-refractivity contribution in [2.45, 2.75) is 213 Å². The van der Waals surface area contributed by atoms with Gasteiger partial charge in [0.1, 0.15) is 42.7 Å². The highest BCUT2D eigenvalue weighted by molar-refractivity contribution is 5.70. The molecule has 55 heavy (non-hydrogen) atoms. The van der Waals surface area contributed by atoms with E-state index in [0.29, 0.717) is 45.1 Å². The smallest absolute Gasteiger partial charge is 0.308 e. The third-order valence-corrected chi connectivity index (χ3v) is 15.2. The molecule has 0 aromatic carbocycles. The van der Waals surface area contributed by atoms with Crippen LogP contribution in [0.1, 0.15) is 97.3 Å². The summed E-state index contributed by atoms with van der Waals surface area (Å²) in [5, 5.41) is 11.4. The first-order valence-corrected chi connectivity index (χ1v) is 21.4. The molecule has 12 fully saturated rings. The molecule has 0 radical (unpaired) electrons. The van der Waals surface area contributed by atoms with Gasteiger partial charge < -0.3 is 57.2 Å². The molecule has 0 aromatic heterocycles. The lowest BCUT2D eigenvalue weighted by atomic mass is 9.79. The molecule has 1 unspecified atom stereocenters. The van der Waals surface area contributed by atoms with E-state index < -0.39 is 42.1 Å². The molecule has 21 atom stereocenters. The second kappa shape index (κ2) is 13.5. The topological polar surface area (TPSA) is 139 Å². The molecule has 304 valence electrons. The van der Waals surface area contributed by atoms with Crippen LogP contribution in [0.3, 0.4) is 0 Å². The van der Waals surface area contributed by atoms with Crippen molar-refractivity contribution in [3.63, 3.8) is 0 Å². The Balaban J connectivity index is 0.888. The van der Waals surface area contributed by atoms with Crippen molar-refractivity contribution in [2.75, 3.05) is 6.61 Å². The first-order chi connectivity index (χ1) is 26.5. The Labute approximate surface area is 322 Å². The van der Waals surface area contributed by atoms with Crippen LogP contribution in [0, 0.1) is 11.8 Å². The Bertz CT molecular complexity index is 1560. The molecule has 13 nitrogen and oxygen atoms in total. The molecular weight excluding hydrogens is 712 g/mol. The molecule has 1 N–H and O–H groups in total.